The highest BCUT2D eigenvalue weighted by Gasteiger charge is 2.55. The van der Waals surface area contributed by atoms with Gasteiger partial charge in [0.2, 0.25) is 11.8 Å². The third-order valence-corrected chi connectivity index (χ3v) is 7.44. The van der Waals surface area contributed by atoms with Gasteiger partial charge < -0.3 is 10.6 Å². The summed E-state index contributed by atoms with van der Waals surface area (Å²) in [7, 11) is 0. The van der Waals surface area contributed by atoms with Gasteiger partial charge in [-0.05, 0) is 92.9 Å². The summed E-state index contributed by atoms with van der Waals surface area (Å²) < 4.78 is 0. The highest BCUT2D eigenvalue weighted by Crippen LogP contribution is 2.60. The van der Waals surface area contributed by atoms with E-state index < -0.39 is 6.04 Å². The van der Waals surface area contributed by atoms with Crippen molar-refractivity contribution >= 4 is 29.1 Å². The average molecular weight is 403 g/mol. The summed E-state index contributed by atoms with van der Waals surface area (Å²) in [6.07, 6.45) is 6.93. The number of hydrogen-bond acceptors (Lipinski definition) is 2. The predicted molar refractivity (Wildman–Crippen MR) is 112 cm³/mol. The summed E-state index contributed by atoms with van der Waals surface area (Å²) in [6.45, 7) is 5.89. The van der Waals surface area contributed by atoms with E-state index in [9.17, 15) is 9.59 Å². The molecule has 0 saturated heterocycles. The van der Waals surface area contributed by atoms with Crippen molar-refractivity contribution in [1.29, 1.82) is 0 Å². The SMILES string of the molecule is Cc1cc(Cl)ccc1NC(=O)[C@H](NC(=O)C12CC3CC(CC(C3)C1)C2)C(C)C. The zero-order valence-corrected chi connectivity index (χ0v) is 17.8. The van der Waals surface area contributed by atoms with Gasteiger partial charge in [-0.1, -0.05) is 25.4 Å². The summed E-state index contributed by atoms with van der Waals surface area (Å²) >= 11 is 6.02. The Bertz CT molecular complexity index is 754. The van der Waals surface area contributed by atoms with Crippen molar-refractivity contribution in [3.05, 3.63) is 28.8 Å². The third kappa shape index (κ3) is 3.68. The van der Waals surface area contributed by atoms with E-state index in [-0.39, 0.29) is 23.1 Å². The van der Waals surface area contributed by atoms with Gasteiger partial charge in [0, 0.05) is 16.1 Å². The van der Waals surface area contributed by atoms with Crippen LogP contribution in [-0.4, -0.2) is 17.9 Å². The molecule has 0 spiro atoms. The van der Waals surface area contributed by atoms with Crippen LogP contribution in [0.3, 0.4) is 0 Å². The molecule has 0 heterocycles. The Morgan fingerprint density at radius 2 is 1.64 bits per heavy atom. The molecule has 4 saturated carbocycles. The molecular formula is C23H31ClN2O2. The minimum absolute atomic E-state index is 0.0190. The van der Waals surface area contributed by atoms with Gasteiger partial charge in [-0.15, -0.1) is 0 Å². The van der Waals surface area contributed by atoms with Crippen LogP contribution in [0.5, 0.6) is 0 Å². The Morgan fingerprint density at radius 1 is 1.07 bits per heavy atom. The minimum Gasteiger partial charge on any atom is -0.344 e. The second kappa shape index (κ2) is 7.37. The molecule has 4 bridgehead atoms. The Balaban J connectivity index is 1.47. The zero-order valence-electron chi connectivity index (χ0n) is 17.1. The van der Waals surface area contributed by atoms with Crippen LogP contribution in [0.2, 0.25) is 5.02 Å². The van der Waals surface area contributed by atoms with E-state index in [2.05, 4.69) is 10.6 Å². The first-order valence-electron chi connectivity index (χ1n) is 10.6. The van der Waals surface area contributed by atoms with Crippen LogP contribution in [0, 0.1) is 36.0 Å². The van der Waals surface area contributed by atoms with Gasteiger partial charge >= 0.3 is 0 Å². The maximum atomic E-state index is 13.4. The maximum absolute atomic E-state index is 13.4. The van der Waals surface area contributed by atoms with Gasteiger partial charge in [0.15, 0.2) is 0 Å². The van der Waals surface area contributed by atoms with Crippen molar-refractivity contribution in [2.75, 3.05) is 5.32 Å². The van der Waals surface area contributed by atoms with Crippen LogP contribution >= 0.6 is 11.6 Å². The Morgan fingerprint density at radius 3 is 2.14 bits per heavy atom. The van der Waals surface area contributed by atoms with E-state index in [1.165, 1.54) is 19.3 Å². The van der Waals surface area contributed by atoms with E-state index >= 15 is 0 Å². The second-order valence-corrected chi connectivity index (χ2v) is 10.3. The number of nitrogens with one attached hydrogen (secondary N) is 2. The van der Waals surface area contributed by atoms with E-state index in [4.69, 9.17) is 11.6 Å². The molecule has 0 unspecified atom stereocenters. The lowest BCUT2D eigenvalue weighted by Gasteiger charge is -2.55. The van der Waals surface area contributed by atoms with Crippen molar-refractivity contribution in [2.45, 2.75) is 65.3 Å². The molecule has 4 aliphatic carbocycles. The Kier molecular flexibility index (Phi) is 5.20. The molecule has 2 N–H and O–H groups in total. The number of anilines is 1. The first kappa shape index (κ1) is 19.8. The van der Waals surface area contributed by atoms with E-state index in [0.29, 0.717) is 22.8 Å². The molecule has 0 radical (unpaired) electrons. The molecule has 152 valence electrons. The first-order valence-corrected chi connectivity index (χ1v) is 11.0. The van der Waals surface area contributed by atoms with Crippen molar-refractivity contribution in [1.82, 2.24) is 5.32 Å². The number of benzene rings is 1. The molecule has 4 aliphatic rings. The molecule has 5 heteroatoms. The topological polar surface area (TPSA) is 58.2 Å². The molecule has 1 aromatic carbocycles. The normalized spacial score (nSPS) is 31.7. The monoisotopic (exact) mass is 402 g/mol. The van der Waals surface area contributed by atoms with Crippen LogP contribution in [0.15, 0.2) is 18.2 Å². The Labute approximate surface area is 172 Å². The fourth-order valence-corrected chi connectivity index (χ4v) is 6.42. The summed E-state index contributed by atoms with van der Waals surface area (Å²) in [5, 5.41) is 6.78. The molecule has 0 aromatic heterocycles. The van der Waals surface area contributed by atoms with Gasteiger partial charge in [-0.25, -0.2) is 0 Å². The van der Waals surface area contributed by atoms with Gasteiger partial charge in [0.05, 0.1) is 0 Å². The molecule has 2 amide bonds. The standard InChI is InChI=1S/C23H31ClN2O2/c1-13(2)20(21(27)25-19-5-4-18(24)6-14(19)3)26-22(28)23-10-15-7-16(11-23)9-17(8-15)12-23/h4-6,13,15-17,20H,7-12H2,1-3H3,(H,25,27)(H,26,28)/t15?,16?,17?,20-,23?/m1/s1. The molecule has 4 fully saturated rings. The molecule has 28 heavy (non-hydrogen) atoms. The molecule has 0 aliphatic heterocycles. The largest absolute Gasteiger partial charge is 0.344 e. The zero-order chi connectivity index (χ0) is 20.1. The van der Waals surface area contributed by atoms with Crippen LogP contribution in [0.1, 0.15) is 57.9 Å². The van der Waals surface area contributed by atoms with Crippen LogP contribution in [-0.2, 0) is 9.59 Å². The fourth-order valence-electron chi connectivity index (χ4n) is 6.20. The van der Waals surface area contributed by atoms with Crippen molar-refractivity contribution < 1.29 is 9.59 Å². The highest BCUT2D eigenvalue weighted by atomic mass is 35.5. The Hall–Kier alpha value is -1.55. The van der Waals surface area contributed by atoms with Crippen LogP contribution in [0.4, 0.5) is 5.69 Å². The smallest absolute Gasteiger partial charge is 0.247 e. The lowest BCUT2D eigenvalue weighted by molar-refractivity contribution is -0.148. The highest BCUT2D eigenvalue weighted by molar-refractivity contribution is 6.30. The molecular weight excluding hydrogens is 372 g/mol. The van der Waals surface area contributed by atoms with Gasteiger partial charge in [-0.2, -0.15) is 0 Å². The van der Waals surface area contributed by atoms with Crippen molar-refractivity contribution in [3.8, 4) is 0 Å². The molecule has 1 aromatic rings. The molecule has 4 nitrogen and oxygen atoms in total. The molecule has 1 atom stereocenters. The number of rotatable bonds is 5. The summed E-state index contributed by atoms with van der Waals surface area (Å²) in [5.41, 5.74) is 1.41. The summed E-state index contributed by atoms with van der Waals surface area (Å²) in [4.78, 5) is 26.4. The van der Waals surface area contributed by atoms with Crippen molar-refractivity contribution in [2.24, 2.45) is 29.1 Å². The number of halogens is 1. The van der Waals surface area contributed by atoms with Crippen LogP contribution in [0.25, 0.3) is 0 Å². The van der Waals surface area contributed by atoms with Gasteiger partial charge in [0.25, 0.3) is 0 Å². The van der Waals surface area contributed by atoms with Gasteiger partial charge in [0.1, 0.15) is 6.04 Å². The van der Waals surface area contributed by atoms with Gasteiger partial charge in [-0.3, -0.25) is 9.59 Å². The summed E-state index contributed by atoms with van der Waals surface area (Å²) in [6, 6.07) is 4.88. The van der Waals surface area contributed by atoms with Crippen LogP contribution < -0.4 is 10.6 Å². The third-order valence-electron chi connectivity index (χ3n) is 7.20. The average Bonchev–Trinajstić information content (AvgIpc) is 2.60. The van der Waals surface area contributed by atoms with E-state index in [1.807, 2.05) is 32.9 Å². The maximum Gasteiger partial charge on any atom is 0.247 e. The number of carbonyl (C=O) groups excluding carboxylic acids is 2. The number of amides is 2. The predicted octanol–water partition coefficient (Wildman–Crippen LogP) is 4.94. The number of aryl methyl sites for hydroxylation is 1. The quantitative estimate of drug-likeness (QED) is 0.732. The van der Waals surface area contributed by atoms with E-state index in [1.54, 1.807) is 6.07 Å². The summed E-state index contributed by atoms with van der Waals surface area (Å²) in [5.74, 6) is 2.09. The molecule has 5 rings (SSSR count). The van der Waals surface area contributed by atoms with Crippen molar-refractivity contribution in [3.63, 3.8) is 0 Å². The lowest BCUT2D eigenvalue weighted by Crippen LogP contribution is -2.57. The lowest BCUT2D eigenvalue weighted by atomic mass is 9.49. The number of carbonyl (C=O) groups is 2. The minimum atomic E-state index is -0.532. The van der Waals surface area contributed by atoms with E-state index in [0.717, 1.165) is 30.5 Å². The fraction of sp³-hybridized carbons (Fsp3) is 0.652. The number of hydrogen-bond donors (Lipinski definition) is 2. The second-order valence-electron chi connectivity index (χ2n) is 9.84. The first-order chi connectivity index (χ1) is 13.3.